The van der Waals surface area contributed by atoms with E-state index < -0.39 is 11.9 Å². The molecule has 272 valence electrons. The van der Waals surface area contributed by atoms with Crippen molar-refractivity contribution in [3.8, 4) is 0 Å². The van der Waals surface area contributed by atoms with Gasteiger partial charge in [-0.1, -0.05) is 182 Å². The summed E-state index contributed by atoms with van der Waals surface area (Å²) in [5, 5.41) is 0. The number of allylic oxidation sites excluding steroid dienone is 2. The fourth-order valence-corrected chi connectivity index (χ4v) is 6.28. The number of hydrogen-bond donors (Lipinski definition) is 0. The van der Waals surface area contributed by atoms with Gasteiger partial charge in [0.15, 0.2) is 0 Å². The molecule has 6 aromatic carbocycles. The predicted octanol–water partition coefficient (Wildman–Crippen LogP) is 1.17. The van der Waals surface area contributed by atoms with E-state index in [1.54, 1.807) is 0 Å². The largest absolute Gasteiger partial charge is 4.00 e. The van der Waals surface area contributed by atoms with Gasteiger partial charge in [0.2, 0.25) is 5.79 Å². The van der Waals surface area contributed by atoms with E-state index in [-0.39, 0.29) is 71.1 Å². The molecule has 6 aromatic rings. The third-order valence-electron chi connectivity index (χ3n) is 8.69. The molecule has 0 radical (unpaired) electrons. The van der Waals surface area contributed by atoms with Gasteiger partial charge in [0.25, 0.3) is 0 Å². The van der Waals surface area contributed by atoms with E-state index in [0.717, 1.165) is 39.1 Å². The van der Waals surface area contributed by atoms with Crippen molar-refractivity contribution in [2.24, 2.45) is 0 Å². The quantitative estimate of drug-likeness (QED) is 0.154. The van der Waals surface area contributed by atoms with Crippen molar-refractivity contribution in [1.29, 1.82) is 0 Å². The molecular formula is C46H39Cl3O4Ti. The second-order valence-electron chi connectivity index (χ2n) is 12.0. The van der Waals surface area contributed by atoms with Crippen molar-refractivity contribution in [2.45, 2.75) is 24.1 Å². The Morgan fingerprint density at radius 1 is 0.481 bits per heavy atom. The molecule has 1 atom stereocenters. The van der Waals surface area contributed by atoms with Gasteiger partial charge in [-0.15, -0.1) is 0 Å². The summed E-state index contributed by atoms with van der Waals surface area (Å²) in [7, 11) is 0. The van der Waals surface area contributed by atoms with Crippen LogP contribution in [0, 0.1) is 6.08 Å². The number of ether oxygens (including phenoxy) is 4. The molecule has 1 heterocycles. The third kappa shape index (κ3) is 10.8. The molecular weight excluding hydrogens is 771 g/mol. The van der Waals surface area contributed by atoms with Gasteiger partial charge in [-0.3, -0.25) is 0 Å². The van der Waals surface area contributed by atoms with Crippen molar-refractivity contribution in [3.63, 3.8) is 0 Å². The molecule has 8 rings (SSSR count). The van der Waals surface area contributed by atoms with Crippen LogP contribution in [0.2, 0.25) is 0 Å². The SMILES string of the molecule is [C-]1=CC=C(OC(c2ccccc2)c2ccccc2)[C@H]1OC(c1ccccc1)c1ccccc1.[Cl-].[Cl-].[Cl-].[Ti+4].c1ccc(C2(c3ccccc3)OCCO2)cc1. The average Bonchev–Trinajstić information content (AvgIpc) is 3.89. The smallest absolute Gasteiger partial charge is 1.00 e. The van der Waals surface area contributed by atoms with Gasteiger partial charge < -0.3 is 56.2 Å². The zero-order valence-electron chi connectivity index (χ0n) is 29.4. The summed E-state index contributed by atoms with van der Waals surface area (Å²) < 4.78 is 25.0. The van der Waals surface area contributed by atoms with E-state index >= 15 is 0 Å². The van der Waals surface area contributed by atoms with Crippen molar-refractivity contribution in [1.82, 2.24) is 0 Å². The van der Waals surface area contributed by atoms with Crippen molar-refractivity contribution >= 4 is 0 Å². The summed E-state index contributed by atoms with van der Waals surface area (Å²) in [5.74, 6) is 0.0345. The van der Waals surface area contributed by atoms with E-state index in [4.69, 9.17) is 18.9 Å². The number of rotatable bonds is 10. The molecule has 8 heteroatoms. The van der Waals surface area contributed by atoms with Crippen LogP contribution in [0.1, 0.15) is 45.6 Å². The van der Waals surface area contributed by atoms with Gasteiger partial charge in [0, 0.05) is 23.0 Å². The summed E-state index contributed by atoms with van der Waals surface area (Å²) in [4.78, 5) is 0. The molecule has 1 aliphatic heterocycles. The van der Waals surface area contributed by atoms with Crippen LogP contribution in [0.3, 0.4) is 0 Å². The van der Waals surface area contributed by atoms with Gasteiger partial charge >= 0.3 is 21.7 Å². The van der Waals surface area contributed by atoms with Gasteiger partial charge in [-0.05, 0) is 22.3 Å². The summed E-state index contributed by atoms with van der Waals surface area (Å²) in [6.45, 7) is 1.26. The van der Waals surface area contributed by atoms with E-state index in [1.165, 1.54) is 0 Å². The van der Waals surface area contributed by atoms with Gasteiger partial charge in [0.05, 0.1) is 13.2 Å². The van der Waals surface area contributed by atoms with Crippen LogP contribution in [0.5, 0.6) is 0 Å². The molecule has 1 saturated heterocycles. The van der Waals surface area contributed by atoms with Crippen molar-refractivity contribution < 1.29 is 77.9 Å². The first-order valence-corrected chi connectivity index (χ1v) is 17.0. The minimum Gasteiger partial charge on any atom is -1.00 e. The molecule has 0 unspecified atom stereocenters. The van der Waals surface area contributed by atoms with E-state index in [0.29, 0.717) is 13.2 Å². The van der Waals surface area contributed by atoms with Gasteiger partial charge in [0.1, 0.15) is 12.2 Å². The van der Waals surface area contributed by atoms with Crippen LogP contribution >= 0.6 is 0 Å². The molecule has 4 nitrogen and oxygen atoms in total. The Morgan fingerprint density at radius 2 is 0.815 bits per heavy atom. The Balaban J connectivity index is 0.000000319. The topological polar surface area (TPSA) is 36.9 Å². The minimum absolute atomic E-state index is 0. The fraction of sp³-hybridized carbons (Fsp3) is 0.130. The first-order chi connectivity index (χ1) is 24.8. The van der Waals surface area contributed by atoms with E-state index in [9.17, 15) is 0 Å². The number of benzene rings is 6. The van der Waals surface area contributed by atoms with Crippen LogP contribution in [0.4, 0.5) is 0 Å². The van der Waals surface area contributed by atoms with Gasteiger partial charge in [-0.2, -0.15) is 6.08 Å². The standard InChI is InChI=1S/C31H25O2.C15H14O2.3ClH.Ti/c1-5-14-24(15-6-1)30(25-16-7-2-8-17-25)32-28-22-13-23-29(28)33-31(26-18-9-3-10-19-26)27-20-11-4-12-21-27;1-3-7-13(8-4-1)15(16-11-12-17-15)14-9-5-2-6-10-14;;;;/h1-22,29-31H;1-10H,11-12H2;3*1H;/q-1;;;;;+4/p-3/t29-;;;;;/m0...../s1. The molecule has 54 heavy (non-hydrogen) atoms. The van der Waals surface area contributed by atoms with Crippen LogP contribution in [0.15, 0.2) is 200 Å². The minimum atomic E-state index is -0.720. The molecule has 1 fully saturated rings. The van der Waals surface area contributed by atoms with E-state index in [2.05, 4.69) is 54.6 Å². The predicted molar refractivity (Wildman–Crippen MR) is 197 cm³/mol. The molecule has 0 N–H and O–H groups in total. The van der Waals surface area contributed by atoms with Crippen molar-refractivity contribution in [2.75, 3.05) is 13.2 Å². The van der Waals surface area contributed by atoms with Gasteiger partial charge in [-0.25, -0.2) is 12.2 Å². The Labute approximate surface area is 352 Å². The second-order valence-corrected chi connectivity index (χ2v) is 12.0. The first kappa shape index (κ1) is 44.5. The van der Waals surface area contributed by atoms with Crippen LogP contribution in [-0.2, 0) is 46.5 Å². The monoisotopic (exact) mass is 808 g/mol. The molecule has 0 bridgehead atoms. The molecule has 0 aromatic heterocycles. The second kappa shape index (κ2) is 22.4. The summed E-state index contributed by atoms with van der Waals surface area (Å²) >= 11 is 0. The molecule has 1 aliphatic carbocycles. The molecule has 0 saturated carbocycles. The van der Waals surface area contributed by atoms with Crippen molar-refractivity contribution in [3.05, 3.63) is 239 Å². The number of halogens is 3. The maximum absolute atomic E-state index is 6.63. The maximum Gasteiger partial charge on any atom is 4.00 e. The average molecular weight is 810 g/mol. The maximum atomic E-state index is 6.63. The molecule has 0 spiro atoms. The first-order valence-electron chi connectivity index (χ1n) is 17.0. The summed E-state index contributed by atoms with van der Waals surface area (Å²) in [5.41, 5.74) is 6.47. The Morgan fingerprint density at radius 3 is 1.19 bits per heavy atom. The zero-order valence-corrected chi connectivity index (χ0v) is 33.2. The molecule has 2 aliphatic rings. The Bertz CT molecular complexity index is 1840. The fourth-order valence-electron chi connectivity index (χ4n) is 6.28. The third-order valence-corrected chi connectivity index (χ3v) is 8.69. The Hall–Kier alpha value is -3.94. The normalized spacial score (nSPS) is 14.9. The van der Waals surface area contributed by atoms with Crippen LogP contribution in [-0.4, -0.2) is 19.3 Å². The summed E-state index contributed by atoms with van der Waals surface area (Å²) in [6, 6.07) is 61.3. The number of hydrogen-bond acceptors (Lipinski definition) is 4. The van der Waals surface area contributed by atoms with Crippen LogP contribution < -0.4 is 37.2 Å². The summed E-state index contributed by atoms with van der Waals surface area (Å²) in [6.07, 6.45) is 6.31. The zero-order chi connectivity index (χ0) is 33.9. The van der Waals surface area contributed by atoms with Crippen LogP contribution in [0.25, 0.3) is 0 Å². The molecule has 0 amide bonds. The van der Waals surface area contributed by atoms with E-state index in [1.807, 2.05) is 146 Å². The Kier molecular flexibility index (Phi) is 18.5.